The van der Waals surface area contributed by atoms with Gasteiger partial charge < -0.3 is 10.1 Å². The van der Waals surface area contributed by atoms with E-state index < -0.39 is 5.82 Å². The van der Waals surface area contributed by atoms with Gasteiger partial charge in [0, 0.05) is 23.7 Å². The number of ether oxygens (including phenoxy) is 1. The zero-order chi connectivity index (χ0) is 18.2. The Morgan fingerprint density at radius 2 is 1.96 bits per heavy atom. The Hall–Kier alpha value is -2.86. The summed E-state index contributed by atoms with van der Waals surface area (Å²) in [4.78, 5) is 16.3. The van der Waals surface area contributed by atoms with Crippen LogP contribution >= 0.6 is 11.8 Å². The molecule has 3 aromatic rings. The van der Waals surface area contributed by atoms with Gasteiger partial charge in [0.05, 0.1) is 5.03 Å². The van der Waals surface area contributed by atoms with Crippen LogP contribution in [0.25, 0.3) is 0 Å². The number of benzene rings is 2. The number of thioether (sulfide) groups is 1. The van der Waals surface area contributed by atoms with Crippen molar-refractivity contribution < 1.29 is 13.9 Å². The van der Waals surface area contributed by atoms with E-state index in [9.17, 15) is 9.18 Å². The molecule has 132 valence electrons. The Bertz CT molecular complexity index is 874. The number of carbonyl (C=O) groups is 1. The first kappa shape index (κ1) is 17.9. The van der Waals surface area contributed by atoms with E-state index in [0.717, 1.165) is 16.3 Å². The van der Waals surface area contributed by atoms with Gasteiger partial charge >= 0.3 is 0 Å². The van der Waals surface area contributed by atoms with Gasteiger partial charge in [0.1, 0.15) is 11.6 Å². The van der Waals surface area contributed by atoms with Crippen molar-refractivity contribution in [1.29, 1.82) is 0 Å². The first-order valence-electron chi connectivity index (χ1n) is 8.00. The number of anilines is 1. The van der Waals surface area contributed by atoms with Crippen molar-refractivity contribution in [3.05, 3.63) is 84.3 Å². The molecule has 1 N–H and O–H groups in total. The molecule has 0 fully saturated rings. The summed E-state index contributed by atoms with van der Waals surface area (Å²) in [5.74, 6) is 0.367. The molecular weight excluding hydrogens is 351 g/mol. The number of nitrogens with one attached hydrogen (secondary N) is 1. The number of hydrogen-bond acceptors (Lipinski definition) is 4. The van der Waals surface area contributed by atoms with E-state index in [-0.39, 0.29) is 12.5 Å². The lowest BCUT2D eigenvalue weighted by Gasteiger charge is -2.09. The molecule has 0 unspecified atom stereocenters. The molecule has 1 amide bonds. The third kappa shape index (κ3) is 5.60. The molecule has 0 atom stereocenters. The van der Waals surface area contributed by atoms with E-state index in [0.29, 0.717) is 11.4 Å². The zero-order valence-electron chi connectivity index (χ0n) is 13.9. The number of carbonyl (C=O) groups excluding carboxylic acids is 1. The highest BCUT2D eigenvalue weighted by atomic mass is 32.2. The van der Waals surface area contributed by atoms with E-state index in [4.69, 9.17) is 4.74 Å². The molecule has 6 heteroatoms. The summed E-state index contributed by atoms with van der Waals surface area (Å²) in [6.45, 7) is -0.184. The standard InChI is InChI=1S/C20H17FN2O2S/c21-16-6-4-8-18(12-16)25-13-19(24)23-17-7-3-5-15(11-17)14-26-20-9-1-2-10-22-20/h1-12H,13-14H2,(H,23,24). The second-order valence-electron chi connectivity index (χ2n) is 5.45. The number of nitrogens with zero attached hydrogens (tertiary/aromatic N) is 1. The quantitative estimate of drug-likeness (QED) is 0.623. The number of halogens is 1. The molecule has 1 heterocycles. The Morgan fingerprint density at radius 1 is 1.08 bits per heavy atom. The SMILES string of the molecule is O=C(COc1cccc(F)c1)Nc1cccc(CSc2ccccn2)c1. The van der Waals surface area contributed by atoms with E-state index >= 15 is 0 Å². The van der Waals surface area contributed by atoms with Crippen molar-refractivity contribution in [1.82, 2.24) is 4.98 Å². The average molecular weight is 368 g/mol. The molecule has 0 aliphatic rings. The van der Waals surface area contributed by atoms with Gasteiger partial charge in [-0.3, -0.25) is 4.79 Å². The van der Waals surface area contributed by atoms with Crippen molar-refractivity contribution >= 4 is 23.4 Å². The minimum atomic E-state index is -0.402. The monoisotopic (exact) mass is 368 g/mol. The number of rotatable bonds is 7. The molecule has 0 saturated carbocycles. The Kier molecular flexibility index (Phi) is 6.22. The molecule has 3 rings (SSSR count). The van der Waals surface area contributed by atoms with E-state index in [1.165, 1.54) is 18.2 Å². The highest BCUT2D eigenvalue weighted by Crippen LogP contribution is 2.22. The maximum atomic E-state index is 13.1. The van der Waals surface area contributed by atoms with Gasteiger partial charge in [0.25, 0.3) is 5.91 Å². The van der Waals surface area contributed by atoms with Crippen LogP contribution < -0.4 is 10.1 Å². The maximum Gasteiger partial charge on any atom is 0.262 e. The van der Waals surface area contributed by atoms with Crippen LogP contribution in [0.1, 0.15) is 5.56 Å². The van der Waals surface area contributed by atoms with Gasteiger partial charge in [0.2, 0.25) is 0 Å². The highest BCUT2D eigenvalue weighted by Gasteiger charge is 2.05. The van der Waals surface area contributed by atoms with Crippen LogP contribution in [0.5, 0.6) is 5.75 Å². The van der Waals surface area contributed by atoms with Crippen LogP contribution in [-0.4, -0.2) is 17.5 Å². The molecule has 26 heavy (non-hydrogen) atoms. The molecule has 1 aromatic heterocycles. The van der Waals surface area contributed by atoms with Crippen molar-refractivity contribution in [2.45, 2.75) is 10.8 Å². The van der Waals surface area contributed by atoms with Crippen molar-refractivity contribution in [3.8, 4) is 5.75 Å². The van der Waals surface area contributed by atoms with E-state index in [1.54, 1.807) is 24.0 Å². The lowest BCUT2D eigenvalue weighted by atomic mass is 10.2. The van der Waals surface area contributed by atoms with Crippen LogP contribution in [0.3, 0.4) is 0 Å². The zero-order valence-corrected chi connectivity index (χ0v) is 14.7. The summed E-state index contributed by atoms with van der Waals surface area (Å²) in [5, 5.41) is 3.73. The third-order valence-electron chi connectivity index (χ3n) is 3.40. The fourth-order valence-electron chi connectivity index (χ4n) is 2.23. The molecule has 0 aliphatic heterocycles. The summed E-state index contributed by atoms with van der Waals surface area (Å²) in [6, 6.07) is 19.1. The summed E-state index contributed by atoms with van der Waals surface area (Å²) < 4.78 is 18.4. The normalized spacial score (nSPS) is 10.3. The third-order valence-corrected chi connectivity index (χ3v) is 4.42. The van der Waals surface area contributed by atoms with E-state index in [1.807, 2.05) is 42.5 Å². The number of amides is 1. The molecule has 0 saturated heterocycles. The number of hydrogen-bond donors (Lipinski definition) is 1. The largest absolute Gasteiger partial charge is 0.484 e. The van der Waals surface area contributed by atoms with Gasteiger partial charge in [-0.2, -0.15) is 0 Å². The molecule has 4 nitrogen and oxygen atoms in total. The molecule has 0 bridgehead atoms. The van der Waals surface area contributed by atoms with E-state index in [2.05, 4.69) is 10.3 Å². The van der Waals surface area contributed by atoms with Gasteiger partial charge in [-0.05, 0) is 42.0 Å². The Balaban J connectivity index is 1.52. The smallest absolute Gasteiger partial charge is 0.262 e. The maximum absolute atomic E-state index is 13.1. The van der Waals surface area contributed by atoms with Crippen LogP contribution in [0, 0.1) is 5.82 Å². The first-order chi connectivity index (χ1) is 12.7. The van der Waals surface area contributed by atoms with Gasteiger partial charge in [-0.1, -0.05) is 24.3 Å². The molecular formula is C20H17FN2O2S. The summed E-state index contributed by atoms with van der Waals surface area (Å²) in [7, 11) is 0. The molecule has 0 spiro atoms. The molecule has 2 aromatic carbocycles. The van der Waals surface area contributed by atoms with Gasteiger partial charge in [0.15, 0.2) is 6.61 Å². The minimum absolute atomic E-state index is 0.184. The summed E-state index contributed by atoms with van der Waals surface area (Å²) in [6.07, 6.45) is 1.76. The summed E-state index contributed by atoms with van der Waals surface area (Å²) >= 11 is 1.63. The first-order valence-corrected chi connectivity index (χ1v) is 8.98. The number of pyridine rings is 1. The van der Waals surface area contributed by atoms with Crippen molar-refractivity contribution in [2.75, 3.05) is 11.9 Å². The fourth-order valence-corrected chi connectivity index (χ4v) is 3.04. The number of aromatic nitrogens is 1. The van der Waals surface area contributed by atoms with Crippen molar-refractivity contribution in [2.24, 2.45) is 0 Å². The van der Waals surface area contributed by atoms with Crippen LogP contribution in [0.15, 0.2) is 78.0 Å². The lowest BCUT2D eigenvalue weighted by molar-refractivity contribution is -0.118. The second-order valence-corrected chi connectivity index (χ2v) is 6.45. The average Bonchev–Trinajstić information content (AvgIpc) is 2.66. The minimum Gasteiger partial charge on any atom is -0.484 e. The van der Waals surface area contributed by atoms with Crippen molar-refractivity contribution in [3.63, 3.8) is 0 Å². The van der Waals surface area contributed by atoms with Gasteiger partial charge in [-0.15, -0.1) is 11.8 Å². The summed E-state index contributed by atoms with van der Waals surface area (Å²) in [5.41, 5.74) is 1.77. The predicted octanol–water partition coefficient (Wildman–Crippen LogP) is 4.53. The highest BCUT2D eigenvalue weighted by molar-refractivity contribution is 7.98. The second kappa shape index (κ2) is 9.01. The lowest BCUT2D eigenvalue weighted by Crippen LogP contribution is -2.20. The van der Waals surface area contributed by atoms with Gasteiger partial charge in [-0.25, -0.2) is 9.37 Å². The topological polar surface area (TPSA) is 51.2 Å². The van der Waals surface area contributed by atoms with Crippen LogP contribution in [-0.2, 0) is 10.5 Å². The Morgan fingerprint density at radius 3 is 2.77 bits per heavy atom. The predicted molar refractivity (Wildman–Crippen MR) is 101 cm³/mol. The van der Waals surface area contributed by atoms with Crippen LogP contribution in [0.4, 0.5) is 10.1 Å². The fraction of sp³-hybridized carbons (Fsp3) is 0.100. The Labute approximate surface area is 155 Å². The molecule has 0 radical (unpaired) electrons. The molecule has 0 aliphatic carbocycles. The van der Waals surface area contributed by atoms with Crippen LogP contribution in [0.2, 0.25) is 0 Å².